The van der Waals surface area contributed by atoms with Crippen LogP contribution in [-0.2, 0) is 0 Å². The highest BCUT2D eigenvalue weighted by atomic mass is 35.5. The number of rotatable bonds is 6. The lowest BCUT2D eigenvalue weighted by molar-refractivity contribution is -0.00000574. The molecule has 30 heavy (non-hydrogen) atoms. The Balaban J connectivity index is 0.00000256. The second-order valence-corrected chi connectivity index (χ2v) is 11.0. The maximum Gasteiger partial charge on any atom is 0.161 e. The number of halogens is 1. The van der Waals surface area contributed by atoms with Gasteiger partial charge in [0.15, 0.2) is 5.78 Å². The molecule has 4 rings (SSSR count). The molecule has 1 unspecified atom stereocenters. The van der Waals surface area contributed by atoms with Gasteiger partial charge in [0.2, 0.25) is 0 Å². The second kappa shape index (κ2) is 10.0. The van der Waals surface area contributed by atoms with Crippen LogP contribution in [-0.4, -0.2) is 19.0 Å². The maximum absolute atomic E-state index is 2.40. The fourth-order valence-corrected chi connectivity index (χ4v) is 9.33. The predicted molar refractivity (Wildman–Crippen MR) is 128 cm³/mol. The molecule has 4 aromatic carbocycles. The van der Waals surface area contributed by atoms with Gasteiger partial charge in [0.25, 0.3) is 0 Å². The van der Waals surface area contributed by atoms with Crippen molar-refractivity contribution in [3.63, 3.8) is 0 Å². The molecule has 0 aliphatic carbocycles. The molecule has 0 aliphatic rings. The summed E-state index contributed by atoms with van der Waals surface area (Å²) >= 11 is 0. The van der Waals surface area contributed by atoms with E-state index in [-0.39, 0.29) is 18.2 Å². The van der Waals surface area contributed by atoms with Crippen LogP contribution in [0.1, 0.15) is 11.3 Å². The summed E-state index contributed by atoms with van der Waals surface area (Å²) in [5, 5.41) is 4.21. The van der Waals surface area contributed by atoms with Gasteiger partial charge in [-0.15, -0.1) is 0 Å². The fraction of sp³-hybridized carbons (Fsp3) is 0.111. The van der Waals surface area contributed by atoms with E-state index in [1.165, 1.54) is 21.5 Å². The Kier molecular flexibility index (Phi) is 7.45. The summed E-state index contributed by atoms with van der Waals surface area (Å²) in [5.74, 6) is 0.232. The lowest BCUT2D eigenvalue weighted by Gasteiger charge is -2.38. The molecule has 0 bridgehead atoms. The van der Waals surface area contributed by atoms with Gasteiger partial charge in [-0.2, -0.15) is 0 Å². The van der Waals surface area contributed by atoms with Crippen LogP contribution in [0, 0.1) is 0 Å². The molecule has 0 saturated carbocycles. The molecule has 152 valence electrons. The third-order valence-electron chi connectivity index (χ3n) is 5.44. The van der Waals surface area contributed by atoms with Crippen molar-refractivity contribution < 1.29 is 12.4 Å². The molecule has 0 aromatic heterocycles. The van der Waals surface area contributed by atoms with Crippen molar-refractivity contribution in [1.29, 1.82) is 0 Å². The first-order valence-corrected chi connectivity index (χ1v) is 11.9. The highest BCUT2D eigenvalue weighted by molar-refractivity contribution is 7.95. The topological polar surface area (TPSA) is 3.24 Å². The summed E-state index contributed by atoms with van der Waals surface area (Å²) in [6.45, 7) is 0. The Bertz CT molecular complexity index is 925. The zero-order valence-electron chi connectivity index (χ0n) is 17.4. The molecule has 0 spiro atoms. The Morgan fingerprint density at radius 2 is 0.800 bits per heavy atom. The van der Waals surface area contributed by atoms with Crippen LogP contribution in [0.15, 0.2) is 121 Å². The van der Waals surface area contributed by atoms with Crippen molar-refractivity contribution in [2.45, 2.75) is 5.78 Å². The molecule has 0 amide bonds. The van der Waals surface area contributed by atoms with Gasteiger partial charge in [-0.05, 0) is 50.5 Å². The van der Waals surface area contributed by atoms with Gasteiger partial charge in [0.1, 0.15) is 23.2 Å². The van der Waals surface area contributed by atoms with Crippen LogP contribution in [0.2, 0.25) is 0 Å². The Morgan fingerprint density at radius 1 is 0.500 bits per heavy atom. The SMILES string of the molecule is CN(C)C(c1ccccc1)[P+](c1ccccc1)(c1ccccc1)c1ccccc1.[Cl-]. The van der Waals surface area contributed by atoms with E-state index in [0.29, 0.717) is 0 Å². The molecule has 0 fully saturated rings. The molecule has 4 aromatic rings. The minimum absolute atomic E-state index is 0. The van der Waals surface area contributed by atoms with E-state index < -0.39 is 7.26 Å². The highest BCUT2D eigenvalue weighted by Gasteiger charge is 2.54. The van der Waals surface area contributed by atoms with Gasteiger partial charge in [-0.25, -0.2) is 0 Å². The van der Waals surface area contributed by atoms with E-state index in [2.05, 4.69) is 140 Å². The third-order valence-corrected chi connectivity index (χ3v) is 10.3. The number of hydrogen-bond donors (Lipinski definition) is 0. The summed E-state index contributed by atoms with van der Waals surface area (Å²) in [5.41, 5.74) is 1.35. The largest absolute Gasteiger partial charge is 1.00 e. The molecule has 3 heteroatoms. The van der Waals surface area contributed by atoms with Gasteiger partial charge >= 0.3 is 0 Å². The van der Waals surface area contributed by atoms with E-state index in [4.69, 9.17) is 0 Å². The molecule has 1 atom stereocenters. The smallest absolute Gasteiger partial charge is 0.161 e. The summed E-state index contributed by atoms with van der Waals surface area (Å²) in [4.78, 5) is 2.40. The monoisotopic (exact) mass is 431 g/mol. The molecule has 1 nitrogen and oxygen atoms in total. The minimum Gasteiger partial charge on any atom is -1.00 e. The Labute approximate surface area is 187 Å². The number of benzene rings is 4. The van der Waals surface area contributed by atoms with Crippen molar-refractivity contribution in [3.05, 3.63) is 127 Å². The fourth-order valence-electron chi connectivity index (χ4n) is 4.35. The first kappa shape index (κ1) is 22.2. The quantitative estimate of drug-likeness (QED) is 0.423. The lowest BCUT2D eigenvalue weighted by Crippen LogP contribution is -3.00. The lowest BCUT2D eigenvalue weighted by atomic mass is 10.2. The van der Waals surface area contributed by atoms with Crippen LogP contribution in [0.3, 0.4) is 0 Å². The molecular formula is C27H27ClNP. The highest BCUT2D eigenvalue weighted by Crippen LogP contribution is 2.67. The summed E-state index contributed by atoms with van der Waals surface area (Å²) in [6.07, 6.45) is 0. The standard InChI is InChI=1S/C27H27NP.ClH/c1-28(2)27(23-15-7-3-8-16-23)29(24-17-9-4-10-18-24,25-19-11-5-12-20-25)26-21-13-6-14-22-26;/h3-22,27H,1-2H3;1H/q+1;/p-1. The predicted octanol–water partition coefficient (Wildman–Crippen LogP) is 2.24. The van der Waals surface area contributed by atoms with E-state index in [0.717, 1.165) is 0 Å². The van der Waals surface area contributed by atoms with E-state index in [1.54, 1.807) is 0 Å². The first-order valence-electron chi connectivity index (χ1n) is 10.0. The van der Waals surface area contributed by atoms with Gasteiger partial charge in [-0.1, -0.05) is 84.9 Å². The molecule has 0 aliphatic heterocycles. The number of nitrogens with zero attached hydrogens (tertiary/aromatic N) is 1. The molecular weight excluding hydrogens is 405 g/mol. The second-order valence-electron chi connectivity index (χ2n) is 7.48. The van der Waals surface area contributed by atoms with Gasteiger partial charge in [0.05, 0.1) is 0 Å². The zero-order chi connectivity index (χ0) is 20.1. The Morgan fingerprint density at radius 3 is 1.10 bits per heavy atom. The van der Waals surface area contributed by atoms with Crippen molar-refractivity contribution >= 4 is 23.2 Å². The normalized spacial score (nSPS) is 12.2. The van der Waals surface area contributed by atoms with Crippen LogP contribution < -0.4 is 28.3 Å². The summed E-state index contributed by atoms with van der Waals surface area (Å²) in [6, 6.07) is 44.2. The molecule has 0 radical (unpaired) electrons. The van der Waals surface area contributed by atoms with Crippen LogP contribution in [0.5, 0.6) is 0 Å². The van der Waals surface area contributed by atoms with E-state index >= 15 is 0 Å². The van der Waals surface area contributed by atoms with Crippen molar-refractivity contribution in [3.8, 4) is 0 Å². The average molecular weight is 432 g/mol. The Hall–Kier alpha value is -2.44. The van der Waals surface area contributed by atoms with E-state index in [1.807, 2.05) is 0 Å². The van der Waals surface area contributed by atoms with Crippen molar-refractivity contribution in [2.75, 3.05) is 14.1 Å². The molecule has 0 heterocycles. The maximum atomic E-state index is 2.40. The van der Waals surface area contributed by atoms with Crippen LogP contribution >= 0.6 is 7.26 Å². The average Bonchev–Trinajstić information content (AvgIpc) is 2.79. The van der Waals surface area contributed by atoms with Gasteiger partial charge < -0.3 is 12.4 Å². The summed E-state index contributed by atoms with van der Waals surface area (Å²) < 4.78 is 0. The first-order chi connectivity index (χ1) is 14.2. The van der Waals surface area contributed by atoms with Gasteiger partial charge in [0, 0.05) is 5.56 Å². The molecule has 0 saturated heterocycles. The molecule has 0 N–H and O–H groups in total. The minimum atomic E-state index is -2.02. The van der Waals surface area contributed by atoms with Crippen molar-refractivity contribution in [1.82, 2.24) is 4.90 Å². The zero-order valence-corrected chi connectivity index (χ0v) is 19.0. The van der Waals surface area contributed by atoms with Crippen LogP contribution in [0.4, 0.5) is 0 Å². The van der Waals surface area contributed by atoms with Gasteiger partial charge in [-0.3, -0.25) is 4.90 Å². The number of hydrogen-bond acceptors (Lipinski definition) is 1. The third kappa shape index (κ3) is 4.07. The van der Waals surface area contributed by atoms with E-state index in [9.17, 15) is 0 Å². The van der Waals surface area contributed by atoms with Crippen LogP contribution in [0.25, 0.3) is 0 Å². The summed E-state index contributed by atoms with van der Waals surface area (Å²) in [7, 11) is 2.40. The van der Waals surface area contributed by atoms with Crippen molar-refractivity contribution in [2.24, 2.45) is 0 Å².